The summed E-state index contributed by atoms with van der Waals surface area (Å²) >= 11 is 0.957. The number of non-ortho nitro benzene ring substituents is 1. The molecule has 0 saturated carbocycles. The number of carboxylic acid groups (broad SMARTS) is 1. The van der Waals surface area contributed by atoms with E-state index in [1.54, 1.807) is 12.1 Å². The van der Waals surface area contributed by atoms with E-state index in [0.29, 0.717) is 22.2 Å². The van der Waals surface area contributed by atoms with Gasteiger partial charge in [-0.25, -0.2) is 9.78 Å². The highest BCUT2D eigenvalue weighted by atomic mass is 32.2. The number of hydrogen-bond acceptors (Lipinski definition) is 7. The van der Waals surface area contributed by atoms with Crippen LogP contribution in [0.1, 0.15) is 5.76 Å². The number of fused-ring (bicyclic) bond motifs is 1. The Morgan fingerprint density at radius 1 is 1.26 bits per heavy atom. The lowest BCUT2D eigenvalue weighted by molar-refractivity contribution is -0.384. The number of furan rings is 1. The van der Waals surface area contributed by atoms with Gasteiger partial charge in [0.25, 0.3) is 5.69 Å². The van der Waals surface area contributed by atoms with Crippen LogP contribution in [0, 0.1) is 10.1 Å². The Balaban J connectivity index is 1.66. The molecule has 10 heteroatoms. The number of ether oxygens (including phenoxy) is 1. The molecule has 2 aromatic carbocycles. The van der Waals surface area contributed by atoms with E-state index < -0.39 is 10.9 Å². The molecular weight excluding hydrogens is 422 g/mol. The summed E-state index contributed by atoms with van der Waals surface area (Å²) in [6.45, 7) is 0. The fraction of sp³-hybridized carbons (Fsp3) is 0.0476. The largest absolute Gasteiger partial charge is 0.496 e. The second kappa shape index (κ2) is 8.36. The summed E-state index contributed by atoms with van der Waals surface area (Å²) in [5, 5.41) is 21.1. The number of nitrogens with one attached hydrogen (secondary N) is 1. The van der Waals surface area contributed by atoms with Crippen LogP contribution in [0.2, 0.25) is 0 Å². The van der Waals surface area contributed by atoms with Crippen molar-refractivity contribution in [1.82, 2.24) is 9.97 Å². The van der Waals surface area contributed by atoms with E-state index in [1.165, 1.54) is 31.4 Å². The average Bonchev–Trinajstić information content (AvgIpc) is 3.39. The lowest BCUT2D eigenvalue weighted by Crippen LogP contribution is -1.96. The number of carboxylic acids is 1. The molecule has 0 amide bonds. The summed E-state index contributed by atoms with van der Waals surface area (Å²) < 4.78 is 11.0. The second-order valence-corrected chi connectivity index (χ2v) is 7.35. The smallest absolute Gasteiger partial charge is 0.342 e. The van der Waals surface area contributed by atoms with E-state index in [2.05, 4.69) is 9.97 Å². The molecule has 9 nitrogen and oxygen atoms in total. The van der Waals surface area contributed by atoms with Gasteiger partial charge in [-0.1, -0.05) is 12.1 Å². The van der Waals surface area contributed by atoms with Crippen LogP contribution in [0.15, 0.2) is 69.1 Å². The Kier molecular flexibility index (Phi) is 5.46. The van der Waals surface area contributed by atoms with Crippen molar-refractivity contribution in [3.8, 4) is 17.1 Å². The average molecular weight is 437 g/mol. The van der Waals surface area contributed by atoms with Gasteiger partial charge in [0.2, 0.25) is 0 Å². The van der Waals surface area contributed by atoms with Gasteiger partial charge in [-0.05, 0) is 42.1 Å². The number of carbonyl (C=O) groups is 1. The van der Waals surface area contributed by atoms with Gasteiger partial charge in [-0.15, -0.1) is 0 Å². The van der Waals surface area contributed by atoms with E-state index in [0.717, 1.165) is 22.8 Å². The summed E-state index contributed by atoms with van der Waals surface area (Å²) in [5.41, 5.74) is 1.80. The topological polar surface area (TPSA) is 131 Å². The number of nitrogens with zero attached hydrogens (tertiary/aromatic N) is 2. The number of para-hydroxylation sites is 2. The number of imidazole rings is 1. The molecule has 0 aliphatic heterocycles. The van der Waals surface area contributed by atoms with Gasteiger partial charge in [0.15, 0.2) is 5.16 Å². The zero-order valence-corrected chi connectivity index (χ0v) is 16.9. The molecule has 0 atom stereocenters. The molecule has 31 heavy (non-hydrogen) atoms. The highest BCUT2D eigenvalue weighted by Gasteiger charge is 2.17. The Morgan fingerprint density at radius 2 is 2.06 bits per heavy atom. The zero-order chi connectivity index (χ0) is 22.0. The molecule has 2 N–H and O–H groups in total. The number of hydrogen-bond donors (Lipinski definition) is 2. The molecule has 0 bridgehead atoms. The normalized spacial score (nSPS) is 11.6. The maximum Gasteiger partial charge on any atom is 0.342 e. The van der Waals surface area contributed by atoms with Crippen molar-refractivity contribution in [3.05, 3.63) is 75.4 Å². The number of nitro groups is 1. The quantitative estimate of drug-likeness (QED) is 0.179. The molecule has 156 valence electrons. The summed E-state index contributed by atoms with van der Waals surface area (Å²) in [4.78, 5) is 29.8. The number of aromatic amines is 1. The molecule has 0 saturated heterocycles. The minimum Gasteiger partial charge on any atom is -0.496 e. The summed E-state index contributed by atoms with van der Waals surface area (Å²) in [5.74, 6) is -0.170. The van der Waals surface area contributed by atoms with Gasteiger partial charge >= 0.3 is 5.97 Å². The molecule has 0 radical (unpaired) electrons. The monoisotopic (exact) mass is 437 g/mol. The van der Waals surface area contributed by atoms with E-state index >= 15 is 0 Å². The first kappa shape index (κ1) is 20.2. The third kappa shape index (κ3) is 4.28. The van der Waals surface area contributed by atoms with Crippen LogP contribution < -0.4 is 4.74 Å². The first-order valence-electron chi connectivity index (χ1n) is 8.95. The number of methoxy groups -OCH3 is 1. The summed E-state index contributed by atoms with van der Waals surface area (Å²) in [6, 6.07) is 14.7. The fourth-order valence-corrected chi connectivity index (χ4v) is 3.70. The van der Waals surface area contributed by atoms with Crippen LogP contribution in [0.25, 0.3) is 28.4 Å². The SMILES string of the molecule is COc1ccc([N+](=O)[O-])cc1-c1ccc(/C=C(\Sc2nc3ccccc3[nH]2)C(=O)O)o1. The lowest BCUT2D eigenvalue weighted by atomic mass is 10.1. The van der Waals surface area contributed by atoms with Gasteiger partial charge in [0.05, 0.1) is 28.6 Å². The molecule has 0 unspecified atom stereocenters. The lowest BCUT2D eigenvalue weighted by Gasteiger charge is -2.05. The van der Waals surface area contributed by atoms with Gasteiger partial charge in [-0.3, -0.25) is 10.1 Å². The van der Waals surface area contributed by atoms with Crippen LogP contribution in [0.5, 0.6) is 5.75 Å². The van der Waals surface area contributed by atoms with Gasteiger partial charge in [0.1, 0.15) is 22.2 Å². The number of aromatic nitrogens is 2. The Hall–Kier alpha value is -4.05. The predicted molar refractivity (Wildman–Crippen MR) is 115 cm³/mol. The summed E-state index contributed by atoms with van der Waals surface area (Å²) in [7, 11) is 1.45. The minimum atomic E-state index is -1.14. The van der Waals surface area contributed by atoms with Crippen molar-refractivity contribution in [2.45, 2.75) is 5.16 Å². The maximum atomic E-state index is 11.8. The number of aliphatic carboxylic acids is 1. The molecule has 0 fully saturated rings. The minimum absolute atomic E-state index is 0.00837. The zero-order valence-electron chi connectivity index (χ0n) is 16.1. The molecule has 0 aliphatic carbocycles. The molecule has 4 rings (SSSR count). The number of H-pyrrole nitrogens is 1. The predicted octanol–water partition coefficient (Wildman–Crippen LogP) is 4.96. The molecule has 0 aliphatic rings. The van der Waals surface area contributed by atoms with Crippen LogP contribution in [-0.2, 0) is 4.79 Å². The van der Waals surface area contributed by atoms with Crippen molar-refractivity contribution in [1.29, 1.82) is 0 Å². The Morgan fingerprint density at radius 3 is 2.77 bits per heavy atom. The first-order valence-corrected chi connectivity index (χ1v) is 9.76. The van der Waals surface area contributed by atoms with E-state index in [1.807, 2.05) is 24.3 Å². The molecule has 0 spiro atoms. The number of benzene rings is 2. The number of nitro benzene ring substituents is 1. The molecule has 2 heterocycles. The third-order valence-electron chi connectivity index (χ3n) is 4.34. The highest BCUT2D eigenvalue weighted by Crippen LogP contribution is 2.35. The fourth-order valence-electron chi connectivity index (χ4n) is 2.92. The number of rotatable bonds is 7. The molecular formula is C21H15N3O6S. The van der Waals surface area contributed by atoms with E-state index in [-0.39, 0.29) is 16.4 Å². The van der Waals surface area contributed by atoms with Crippen molar-refractivity contribution in [2.24, 2.45) is 0 Å². The van der Waals surface area contributed by atoms with Crippen LogP contribution in [0.4, 0.5) is 5.69 Å². The highest BCUT2D eigenvalue weighted by molar-refractivity contribution is 8.04. The molecule has 4 aromatic rings. The third-order valence-corrected chi connectivity index (χ3v) is 5.24. The van der Waals surface area contributed by atoms with Gasteiger partial charge in [-0.2, -0.15) is 0 Å². The Bertz CT molecular complexity index is 1290. The van der Waals surface area contributed by atoms with Crippen molar-refractivity contribution >= 4 is 40.5 Å². The van der Waals surface area contributed by atoms with Crippen molar-refractivity contribution in [2.75, 3.05) is 7.11 Å². The van der Waals surface area contributed by atoms with Crippen molar-refractivity contribution in [3.63, 3.8) is 0 Å². The van der Waals surface area contributed by atoms with Gasteiger partial charge in [0, 0.05) is 18.2 Å². The van der Waals surface area contributed by atoms with E-state index in [9.17, 15) is 20.0 Å². The standard InChI is InChI=1S/C21H15N3O6S/c1-29-17-8-6-12(24(27)28)10-14(17)18-9-7-13(30-18)11-19(20(25)26)31-21-22-15-4-2-3-5-16(15)23-21/h2-11H,1H3,(H,22,23)(H,25,26)/b19-11-. The maximum absolute atomic E-state index is 11.8. The second-order valence-electron chi connectivity index (χ2n) is 6.32. The van der Waals surface area contributed by atoms with Gasteiger partial charge < -0.3 is 19.2 Å². The van der Waals surface area contributed by atoms with Crippen molar-refractivity contribution < 1.29 is 24.0 Å². The molecule has 2 aromatic heterocycles. The van der Waals surface area contributed by atoms with Crippen LogP contribution >= 0.6 is 11.8 Å². The Labute approximate surface area is 179 Å². The van der Waals surface area contributed by atoms with Crippen LogP contribution in [0.3, 0.4) is 0 Å². The van der Waals surface area contributed by atoms with Crippen LogP contribution in [-0.4, -0.2) is 33.1 Å². The van der Waals surface area contributed by atoms with E-state index in [4.69, 9.17) is 9.15 Å². The summed E-state index contributed by atoms with van der Waals surface area (Å²) in [6.07, 6.45) is 1.37. The first-order chi connectivity index (χ1) is 14.9. The number of thioether (sulfide) groups is 1.